The summed E-state index contributed by atoms with van der Waals surface area (Å²) in [5.74, 6) is 0.843. The summed E-state index contributed by atoms with van der Waals surface area (Å²) in [4.78, 5) is 4.10. The SMILES string of the molecule is CCNc1nc(C)ns1. The van der Waals surface area contributed by atoms with Gasteiger partial charge in [0.25, 0.3) is 0 Å². The number of anilines is 1. The third kappa shape index (κ3) is 1.64. The summed E-state index contributed by atoms with van der Waals surface area (Å²) in [6.45, 7) is 4.84. The summed E-state index contributed by atoms with van der Waals surface area (Å²) in [6, 6.07) is 0. The summed E-state index contributed by atoms with van der Waals surface area (Å²) in [7, 11) is 0. The van der Waals surface area contributed by atoms with Gasteiger partial charge in [-0.15, -0.1) is 0 Å². The molecule has 0 radical (unpaired) electrons. The third-order valence-corrected chi connectivity index (χ3v) is 1.62. The molecule has 0 bridgehead atoms. The van der Waals surface area contributed by atoms with E-state index in [1.807, 2.05) is 13.8 Å². The molecule has 0 saturated carbocycles. The zero-order valence-electron chi connectivity index (χ0n) is 5.51. The fraction of sp³-hybridized carbons (Fsp3) is 0.600. The Morgan fingerprint density at radius 1 is 1.67 bits per heavy atom. The van der Waals surface area contributed by atoms with Crippen molar-refractivity contribution >= 4 is 16.7 Å². The molecule has 0 atom stereocenters. The minimum Gasteiger partial charge on any atom is -0.361 e. The van der Waals surface area contributed by atoms with Crippen LogP contribution in [0.15, 0.2) is 0 Å². The minimum atomic E-state index is 0.843. The van der Waals surface area contributed by atoms with Crippen LogP contribution in [0.25, 0.3) is 0 Å². The molecule has 0 fully saturated rings. The molecule has 0 saturated heterocycles. The number of nitrogens with zero attached hydrogens (tertiary/aromatic N) is 2. The minimum absolute atomic E-state index is 0.843. The van der Waals surface area contributed by atoms with Crippen LogP contribution in [0.4, 0.5) is 5.13 Å². The Hall–Kier alpha value is -0.640. The van der Waals surface area contributed by atoms with E-state index in [1.165, 1.54) is 11.5 Å². The second-order valence-electron chi connectivity index (χ2n) is 1.68. The van der Waals surface area contributed by atoms with Crippen molar-refractivity contribution in [2.24, 2.45) is 0 Å². The number of rotatable bonds is 2. The normalized spacial score (nSPS) is 9.56. The number of nitrogens with one attached hydrogen (secondary N) is 1. The number of hydrogen-bond donors (Lipinski definition) is 1. The lowest BCUT2D eigenvalue weighted by Crippen LogP contribution is -1.94. The van der Waals surface area contributed by atoms with E-state index in [4.69, 9.17) is 0 Å². The predicted molar refractivity (Wildman–Crippen MR) is 38.8 cm³/mol. The van der Waals surface area contributed by atoms with Crippen LogP contribution in [0.3, 0.4) is 0 Å². The van der Waals surface area contributed by atoms with E-state index in [9.17, 15) is 0 Å². The van der Waals surface area contributed by atoms with Crippen molar-refractivity contribution in [2.45, 2.75) is 13.8 Å². The highest BCUT2D eigenvalue weighted by Crippen LogP contribution is 2.08. The average Bonchev–Trinajstić information content (AvgIpc) is 2.17. The molecule has 1 aromatic heterocycles. The molecular formula is C5H9N3S. The van der Waals surface area contributed by atoms with Gasteiger partial charge in [-0.05, 0) is 13.8 Å². The molecule has 1 heterocycles. The summed E-state index contributed by atoms with van der Waals surface area (Å²) >= 11 is 1.40. The van der Waals surface area contributed by atoms with E-state index in [2.05, 4.69) is 14.7 Å². The molecule has 9 heavy (non-hydrogen) atoms. The summed E-state index contributed by atoms with van der Waals surface area (Å²) < 4.78 is 4.00. The fourth-order valence-corrected chi connectivity index (χ4v) is 1.16. The van der Waals surface area contributed by atoms with E-state index >= 15 is 0 Å². The third-order valence-electron chi connectivity index (χ3n) is 0.856. The van der Waals surface area contributed by atoms with Crippen LogP contribution in [0.1, 0.15) is 12.7 Å². The maximum atomic E-state index is 4.10. The van der Waals surface area contributed by atoms with E-state index in [1.54, 1.807) is 0 Å². The van der Waals surface area contributed by atoms with Gasteiger partial charge in [0, 0.05) is 18.1 Å². The topological polar surface area (TPSA) is 37.8 Å². The van der Waals surface area contributed by atoms with Crippen molar-refractivity contribution in [3.63, 3.8) is 0 Å². The van der Waals surface area contributed by atoms with Crippen LogP contribution >= 0.6 is 11.5 Å². The van der Waals surface area contributed by atoms with Gasteiger partial charge in [-0.1, -0.05) is 0 Å². The summed E-state index contributed by atoms with van der Waals surface area (Å²) in [5.41, 5.74) is 0. The van der Waals surface area contributed by atoms with Crippen LogP contribution in [0.2, 0.25) is 0 Å². The molecule has 4 heteroatoms. The Morgan fingerprint density at radius 2 is 2.44 bits per heavy atom. The van der Waals surface area contributed by atoms with Gasteiger partial charge in [0.15, 0.2) is 0 Å². The second kappa shape index (κ2) is 2.77. The van der Waals surface area contributed by atoms with E-state index in [-0.39, 0.29) is 0 Å². The zero-order chi connectivity index (χ0) is 6.69. The molecule has 0 unspecified atom stereocenters. The average molecular weight is 143 g/mol. The number of aromatic nitrogens is 2. The lowest BCUT2D eigenvalue weighted by atomic mass is 10.7. The van der Waals surface area contributed by atoms with Crippen LogP contribution in [0.5, 0.6) is 0 Å². The van der Waals surface area contributed by atoms with Crippen LogP contribution < -0.4 is 5.32 Å². The molecule has 1 N–H and O–H groups in total. The van der Waals surface area contributed by atoms with Gasteiger partial charge in [0.2, 0.25) is 5.13 Å². The van der Waals surface area contributed by atoms with E-state index < -0.39 is 0 Å². The second-order valence-corrected chi connectivity index (χ2v) is 2.43. The van der Waals surface area contributed by atoms with Crippen molar-refractivity contribution in [3.05, 3.63) is 5.82 Å². The molecule has 0 spiro atoms. The van der Waals surface area contributed by atoms with Gasteiger partial charge < -0.3 is 5.32 Å². The monoisotopic (exact) mass is 143 g/mol. The smallest absolute Gasteiger partial charge is 0.202 e. The van der Waals surface area contributed by atoms with Gasteiger partial charge in [-0.25, -0.2) is 4.98 Å². The van der Waals surface area contributed by atoms with Gasteiger partial charge in [-0.3, -0.25) is 0 Å². The Bertz CT molecular complexity index is 184. The first-order chi connectivity index (χ1) is 4.33. The maximum absolute atomic E-state index is 4.10. The molecule has 0 aliphatic rings. The summed E-state index contributed by atoms with van der Waals surface area (Å²) in [5, 5.41) is 3.99. The Morgan fingerprint density at radius 3 is 2.89 bits per heavy atom. The highest BCUT2D eigenvalue weighted by atomic mass is 32.1. The molecule has 0 aliphatic heterocycles. The van der Waals surface area contributed by atoms with Gasteiger partial charge >= 0.3 is 0 Å². The van der Waals surface area contributed by atoms with Crippen LogP contribution in [-0.2, 0) is 0 Å². The highest BCUT2D eigenvalue weighted by Gasteiger charge is 1.94. The first kappa shape index (κ1) is 6.48. The van der Waals surface area contributed by atoms with E-state index in [0.717, 1.165) is 17.5 Å². The number of hydrogen-bond acceptors (Lipinski definition) is 4. The van der Waals surface area contributed by atoms with Crippen LogP contribution in [-0.4, -0.2) is 15.9 Å². The van der Waals surface area contributed by atoms with Crippen LogP contribution in [0, 0.1) is 6.92 Å². The van der Waals surface area contributed by atoms with Crippen molar-refractivity contribution < 1.29 is 0 Å². The molecule has 0 amide bonds. The summed E-state index contributed by atoms with van der Waals surface area (Å²) in [6.07, 6.45) is 0. The number of aryl methyl sites for hydroxylation is 1. The largest absolute Gasteiger partial charge is 0.361 e. The maximum Gasteiger partial charge on any atom is 0.202 e. The Kier molecular flexibility index (Phi) is 2.00. The standard InChI is InChI=1S/C5H9N3S/c1-3-6-5-7-4(2)8-9-5/h3H2,1-2H3,(H,6,7,8). The predicted octanol–water partition coefficient (Wildman–Crippen LogP) is 1.28. The van der Waals surface area contributed by atoms with Gasteiger partial charge in [-0.2, -0.15) is 4.37 Å². The lowest BCUT2D eigenvalue weighted by molar-refractivity contribution is 1.13. The van der Waals surface area contributed by atoms with Crippen molar-refractivity contribution in [1.82, 2.24) is 9.36 Å². The van der Waals surface area contributed by atoms with Crippen molar-refractivity contribution in [3.8, 4) is 0 Å². The molecule has 0 aromatic carbocycles. The van der Waals surface area contributed by atoms with Gasteiger partial charge in [0.1, 0.15) is 5.82 Å². The zero-order valence-corrected chi connectivity index (χ0v) is 6.33. The Balaban J connectivity index is 2.61. The fourth-order valence-electron chi connectivity index (χ4n) is 0.520. The molecule has 1 rings (SSSR count). The molecule has 0 aliphatic carbocycles. The first-order valence-corrected chi connectivity index (χ1v) is 3.64. The van der Waals surface area contributed by atoms with Crippen molar-refractivity contribution in [1.29, 1.82) is 0 Å². The molecule has 1 aromatic rings. The lowest BCUT2D eigenvalue weighted by Gasteiger charge is -1.90. The molecule has 3 nitrogen and oxygen atoms in total. The van der Waals surface area contributed by atoms with E-state index in [0.29, 0.717) is 0 Å². The Labute approximate surface area is 58.3 Å². The van der Waals surface area contributed by atoms with Crippen molar-refractivity contribution in [2.75, 3.05) is 11.9 Å². The van der Waals surface area contributed by atoms with Gasteiger partial charge in [0.05, 0.1) is 0 Å². The first-order valence-electron chi connectivity index (χ1n) is 2.87. The highest BCUT2D eigenvalue weighted by molar-refractivity contribution is 7.09. The molecule has 50 valence electrons. The quantitative estimate of drug-likeness (QED) is 0.677. The molecular weight excluding hydrogens is 134 g/mol.